The Kier molecular flexibility index (Phi) is 6.13. The summed E-state index contributed by atoms with van der Waals surface area (Å²) in [5.41, 5.74) is 4.74. The highest BCUT2D eigenvalue weighted by molar-refractivity contribution is 6.01. The highest BCUT2D eigenvalue weighted by Gasteiger charge is 2.24. The van der Waals surface area contributed by atoms with Crippen LogP contribution in [0.5, 0.6) is 0 Å². The number of rotatable bonds is 4. The van der Waals surface area contributed by atoms with Crippen molar-refractivity contribution in [1.29, 1.82) is 0 Å². The van der Waals surface area contributed by atoms with Crippen LogP contribution in [0.15, 0.2) is 72.0 Å². The molecule has 1 saturated heterocycles. The fraction of sp³-hybridized carbons (Fsp3) is 0.227. The van der Waals surface area contributed by atoms with Gasteiger partial charge in [-0.15, -0.1) is 5.10 Å². The Labute approximate surface area is 181 Å². The lowest BCUT2D eigenvalue weighted by atomic mass is 10.1. The van der Waals surface area contributed by atoms with Crippen LogP contribution in [0, 0.1) is 0 Å². The maximum atomic E-state index is 13.1. The molecular weight excluding hydrogens is 394 g/mol. The van der Waals surface area contributed by atoms with Crippen LogP contribution >= 0.6 is 0 Å². The van der Waals surface area contributed by atoms with E-state index >= 15 is 0 Å². The Balaban J connectivity index is 1.46. The summed E-state index contributed by atoms with van der Waals surface area (Å²) in [5, 5.41) is 9.77. The lowest BCUT2D eigenvalue weighted by Gasteiger charge is -2.32. The molecule has 2 aliphatic heterocycles. The monoisotopic (exact) mass is 419 g/mol. The molecule has 9 heteroatoms. The van der Waals surface area contributed by atoms with Crippen LogP contribution in [0.2, 0.25) is 0 Å². The highest BCUT2D eigenvalue weighted by Crippen LogP contribution is 2.19. The molecule has 0 unspecified atom stereocenters. The maximum absolute atomic E-state index is 13.1. The molecule has 0 spiro atoms. The van der Waals surface area contributed by atoms with Crippen LogP contribution in [0.25, 0.3) is 0 Å². The number of allylic oxidation sites excluding steroid dienone is 1. The number of hydrazone groups is 1. The Bertz CT molecular complexity index is 967. The molecule has 4 rings (SSSR count). The standard InChI is InChI=1S/C22H25N7O2/c1-26-14-16-27(17-15-26)21(30)18-8-10-19(11-9-18)25-22(31)28(20-6-3-2-4-7-20)29-23-12-5-13-24-29/h2-13,23H,14-17H2,1H3,(H,25,31). The van der Waals surface area contributed by atoms with Crippen molar-refractivity contribution < 1.29 is 9.59 Å². The van der Waals surface area contributed by atoms with Gasteiger partial charge in [-0.1, -0.05) is 23.4 Å². The number of amides is 3. The van der Waals surface area contributed by atoms with Gasteiger partial charge >= 0.3 is 6.03 Å². The zero-order chi connectivity index (χ0) is 21.6. The van der Waals surface area contributed by atoms with Gasteiger partial charge in [0.05, 0.1) is 11.9 Å². The molecule has 0 atom stereocenters. The average molecular weight is 419 g/mol. The molecule has 3 amide bonds. The predicted molar refractivity (Wildman–Crippen MR) is 120 cm³/mol. The minimum atomic E-state index is -0.399. The van der Waals surface area contributed by atoms with Crippen molar-refractivity contribution in [2.24, 2.45) is 5.10 Å². The Morgan fingerprint density at radius 1 is 1.00 bits per heavy atom. The fourth-order valence-electron chi connectivity index (χ4n) is 3.34. The fourth-order valence-corrected chi connectivity index (χ4v) is 3.34. The van der Waals surface area contributed by atoms with Gasteiger partial charge in [-0.05, 0) is 49.5 Å². The normalized spacial score (nSPS) is 16.0. The molecule has 2 heterocycles. The predicted octanol–water partition coefficient (Wildman–Crippen LogP) is 2.35. The zero-order valence-corrected chi connectivity index (χ0v) is 17.3. The summed E-state index contributed by atoms with van der Waals surface area (Å²) >= 11 is 0. The topological polar surface area (TPSA) is 83.5 Å². The summed E-state index contributed by atoms with van der Waals surface area (Å²) in [7, 11) is 2.05. The highest BCUT2D eigenvalue weighted by atomic mass is 16.2. The molecule has 0 bridgehead atoms. The quantitative estimate of drug-likeness (QED) is 0.795. The lowest BCUT2D eigenvalue weighted by molar-refractivity contribution is 0.0664. The third-order valence-electron chi connectivity index (χ3n) is 5.10. The lowest BCUT2D eigenvalue weighted by Crippen LogP contribution is -2.51. The smallest absolute Gasteiger partial charge is 0.336 e. The minimum Gasteiger partial charge on any atom is -0.336 e. The van der Waals surface area contributed by atoms with Crippen molar-refractivity contribution in [2.75, 3.05) is 43.6 Å². The number of nitrogens with zero attached hydrogens (tertiary/aromatic N) is 5. The summed E-state index contributed by atoms with van der Waals surface area (Å²) in [5.74, 6) is 0.00975. The maximum Gasteiger partial charge on any atom is 0.348 e. The second kappa shape index (κ2) is 9.31. The van der Waals surface area contributed by atoms with E-state index in [9.17, 15) is 9.59 Å². The largest absolute Gasteiger partial charge is 0.348 e. The van der Waals surface area contributed by atoms with Gasteiger partial charge in [-0.3, -0.25) is 10.2 Å². The summed E-state index contributed by atoms with van der Waals surface area (Å²) in [6.45, 7) is 3.18. The van der Waals surface area contributed by atoms with Crippen LogP contribution in [-0.4, -0.2) is 66.4 Å². The number of nitrogens with one attached hydrogen (secondary N) is 2. The van der Waals surface area contributed by atoms with Gasteiger partial charge in [0.25, 0.3) is 5.91 Å². The van der Waals surface area contributed by atoms with Gasteiger partial charge in [0.15, 0.2) is 0 Å². The summed E-state index contributed by atoms with van der Waals surface area (Å²) < 4.78 is 0. The third kappa shape index (κ3) is 4.84. The number of likely N-dealkylation sites (N-methyl/N-ethyl adjacent to an activating group) is 1. The van der Waals surface area contributed by atoms with Crippen molar-refractivity contribution in [3.8, 4) is 0 Å². The van der Waals surface area contributed by atoms with Crippen molar-refractivity contribution in [2.45, 2.75) is 0 Å². The molecule has 2 aromatic rings. The number of carbonyl (C=O) groups excluding carboxylic acids is 2. The molecule has 0 aliphatic carbocycles. The van der Waals surface area contributed by atoms with E-state index in [4.69, 9.17) is 0 Å². The minimum absolute atomic E-state index is 0.00975. The average Bonchev–Trinajstić information content (AvgIpc) is 2.81. The van der Waals surface area contributed by atoms with E-state index in [2.05, 4.69) is 27.8 Å². The number of hydrazine groups is 2. The first-order valence-corrected chi connectivity index (χ1v) is 10.1. The third-order valence-corrected chi connectivity index (χ3v) is 5.10. The van der Waals surface area contributed by atoms with Crippen LogP contribution in [0.4, 0.5) is 16.2 Å². The van der Waals surface area contributed by atoms with E-state index in [1.807, 2.05) is 35.2 Å². The van der Waals surface area contributed by atoms with Crippen molar-refractivity contribution in [3.05, 3.63) is 72.4 Å². The molecule has 0 saturated carbocycles. The van der Waals surface area contributed by atoms with Crippen LogP contribution in [-0.2, 0) is 0 Å². The number of carbonyl (C=O) groups is 2. The number of benzene rings is 2. The molecule has 2 aromatic carbocycles. The van der Waals surface area contributed by atoms with Crippen molar-refractivity contribution >= 4 is 29.5 Å². The first-order valence-electron chi connectivity index (χ1n) is 10.1. The number of piperazine rings is 1. The Hall–Kier alpha value is -3.85. The zero-order valence-electron chi connectivity index (χ0n) is 17.3. The number of urea groups is 1. The molecule has 2 N–H and O–H groups in total. The molecule has 160 valence electrons. The van der Waals surface area contributed by atoms with Crippen molar-refractivity contribution in [1.82, 2.24) is 20.5 Å². The first-order chi connectivity index (χ1) is 15.1. The van der Waals surface area contributed by atoms with Crippen LogP contribution < -0.4 is 15.8 Å². The second-order valence-corrected chi connectivity index (χ2v) is 7.29. The van der Waals surface area contributed by atoms with E-state index in [0.29, 0.717) is 16.9 Å². The van der Waals surface area contributed by atoms with Gasteiger partial charge in [0.2, 0.25) is 0 Å². The number of hydrogen-bond acceptors (Lipinski definition) is 6. The van der Waals surface area contributed by atoms with Gasteiger partial charge in [0, 0.05) is 43.6 Å². The van der Waals surface area contributed by atoms with E-state index in [-0.39, 0.29) is 5.91 Å². The van der Waals surface area contributed by atoms with Gasteiger partial charge in [-0.25, -0.2) is 4.79 Å². The van der Waals surface area contributed by atoms with Gasteiger partial charge in [-0.2, -0.15) is 5.01 Å². The summed E-state index contributed by atoms with van der Waals surface area (Å²) in [4.78, 5) is 29.8. The molecule has 1 fully saturated rings. The number of anilines is 2. The van der Waals surface area contributed by atoms with Gasteiger partial charge < -0.3 is 15.1 Å². The second-order valence-electron chi connectivity index (χ2n) is 7.29. The molecule has 9 nitrogen and oxygen atoms in total. The Morgan fingerprint density at radius 3 is 2.35 bits per heavy atom. The van der Waals surface area contributed by atoms with E-state index < -0.39 is 6.03 Å². The SMILES string of the molecule is CN1CCN(C(=O)c2ccc(NC(=O)N(c3ccccc3)N3N=CC=CN3)cc2)CC1. The molecule has 0 aromatic heterocycles. The summed E-state index contributed by atoms with van der Waals surface area (Å²) in [6.07, 6.45) is 4.99. The first kappa shape index (κ1) is 20.4. The van der Waals surface area contributed by atoms with Crippen LogP contribution in [0.3, 0.4) is 0 Å². The Morgan fingerprint density at radius 2 is 1.71 bits per heavy atom. The molecule has 0 radical (unpaired) electrons. The van der Waals surface area contributed by atoms with Crippen LogP contribution in [0.1, 0.15) is 10.4 Å². The molecule has 2 aliphatic rings. The van der Waals surface area contributed by atoms with E-state index in [0.717, 1.165) is 26.2 Å². The number of hydrogen-bond donors (Lipinski definition) is 2. The molecular formula is C22H25N7O2. The van der Waals surface area contributed by atoms with E-state index in [1.165, 1.54) is 10.2 Å². The van der Waals surface area contributed by atoms with Gasteiger partial charge in [0.1, 0.15) is 0 Å². The number of para-hydroxylation sites is 1. The molecule has 31 heavy (non-hydrogen) atoms. The van der Waals surface area contributed by atoms with Crippen molar-refractivity contribution in [3.63, 3.8) is 0 Å². The van der Waals surface area contributed by atoms with E-state index in [1.54, 1.807) is 42.8 Å². The summed E-state index contributed by atoms with van der Waals surface area (Å²) in [6, 6.07) is 15.7.